The van der Waals surface area contributed by atoms with Crippen molar-refractivity contribution in [2.75, 3.05) is 13.1 Å². The Morgan fingerprint density at radius 1 is 1.25 bits per heavy atom. The lowest BCUT2D eigenvalue weighted by Crippen LogP contribution is -2.44. The first-order valence-electron chi connectivity index (χ1n) is 5.98. The lowest BCUT2D eigenvalue weighted by atomic mass is 9.99. The number of hydrogen-bond acceptors (Lipinski definition) is 3. The van der Waals surface area contributed by atoms with Gasteiger partial charge in [0.2, 0.25) is 0 Å². The van der Waals surface area contributed by atoms with Crippen molar-refractivity contribution in [2.24, 2.45) is 0 Å². The molecule has 1 unspecified atom stereocenters. The minimum absolute atomic E-state index is 0.0969. The van der Waals surface area contributed by atoms with Gasteiger partial charge in [-0.3, -0.25) is 4.79 Å². The van der Waals surface area contributed by atoms with Gasteiger partial charge in [0.15, 0.2) is 11.4 Å². The molecule has 1 amide bonds. The molecule has 92 valence electrons. The van der Waals surface area contributed by atoms with Gasteiger partial charge in [-0.2, -0.15) is 0 Å². The van der Waals surface area contributed by atoms with Gasteiger partial charge in [-0.15, -0.1) is 0 Å². The minimum Gasteiger partial charge on any atom is -0.435 e. The highest BCUT2D eigenvalue weighted by Gasteiger charge is 2.34. The summed E-state index contributed by atoms with van der Waals surface area (Å²) < 4.78 is 5.33. The molecule has 1 aliphatic rings. The van der Waals surface area contributed by atoms with E-state index in [1.807, 2.05) is 6.92 Å². The molecule has 1 heterocycles. The van der Waals surface area contributed by atoms with E-state index in [9.17, 15) is 9.59 Å². The topological polar surface area (TPSA) is 46.6 Å². The van der Waals surface area contributed by atoms with E-state index in [1.165, 1.54) is 13.3 Å². The number of likely N-dealkylation sites (tertiary alicyclic amines) is 1. The maximum absolute atomic E-state index is 11.8. The van der Waals surface area contributed by atoms with Crippen LogP contribution < -0.4 is 0 Å². The van der Waals surface area contributed by atoms with Crippen molar-refractivity contribution in [3.63, 3.8) is 0 Å². The third-order valence-corrected chi connectivity index (χ3v) is 3.35. The van der Waals surface area contributed by atoms with Gasteiger partial charge in [0, 0.05) is 13.1 Å². The van der Waals surface area contributed by atoms with Crippen molar-refractivity contribution in [3.8, 4) is 0 Å². The van der Waals surface area contributed by atoms with Crippen LogP contribution in [0.15, 0.2) is 0 Å². The third kappa shape index (κ3) is 2.97. The standard InChI is InChI=1S/C12H21NO3/c1-4-12(3,10(2)14)16-11(15)13-8-6-5-7-9-13/h4-9H2,1-3H3. The van der Waals surface area contributed by atoms with Gasteiger partial charge >= 0.3 is 6.09 Å². The number of carbonyl (C=O) groups is 2. The third-order valence-electron chi connectivity index (χ3n) is 3.35. The van der Waals surface area contributed by atoms with Crippen molar-refractivity contribution in [1.29, 1.82) is 0 Å². The number of carbonyl (C=O) groups excluding carboxylic acids is 2. The number of hydrogen-bond donors (Lipinski definition) is 0. The summed E-state index contributed by atoms with van der Waals surface area (Å²) in [7, 11) is 0. The van der Waals surface area contributed by atoms with Gasteiger partial charge < -0.3 is 9.64 Å². The molecule has 4 nitrogen and oxygen atoms in total. The predicted octanol–water partition coefficient (Wildman–Crippen LogP) is 2.37. The number of nitrogens with zero attached hydrogens (tertiary/aromatic N) is 1. The molecule has 0 aromatic heterocycles. The number of rotatable bonds is 3. The smallest absolute Gasteiger partial charge is 0.410 e. The second kappa shape index (κ2) is 5.32. The van der Waals surface area contributed by atoms with Crippen LogP contribution in [0, 0.1) is 0 Å². The second-order valence-corrected chi connectivity index (χ2v) is 4.56. The summed E-state index contributed by atoms with van der Waals surface area (Å²) >= 11 is 0. The van der Waals surface area contributed by atoms with Crippen LogP contribution in [-0.2, 0) is 9.53 Å². The zero-order valence-corrected chi connectivity index (χ0v) is 10.4. The van der Waals surface area contributed by atoms with Crippen molar-refractivity contribution in [1.82, 2.24) is 4.90 Å². The van der Waals surface area contributed by atoms with Gasteiger partial charge in [0.25, 0.3) is 0 Å². The van der Waals surface area contributed by atoms with Gasteiger partial charge in [0.05, 0.1) is 0 Å². The van der Waals surface area contributed by atoms with E-state index in [4.69, 9.17) is 4.74 Å². The summed E-state index contributed by atoms with van der Waals surface area (Å²) in [4.78, 5) is 24.9. The Balaban J connectivity index is 2.57. The monoisotopic (exact) mass is 227 g/mol. The van der Waals surface area contributed by atoms with Gasteiger partial charge in [-0.25, -0.2) is 4.79 Å². The van der Waals surface area contributed by atoms with Crippen molar-refractivity contribution in [3.05, 3.63) is 0 Å². The van der Waals surface area contributed by atoms with E-state index >= 15 is 0 Å². The first kappa shape index (κ1) is 13.0. The van der Waals surface area contributed by atoms with Crippen molar-refractivity contribution < 1.29 is 14.3 Å². The largest absolute Gasteiger partial charge is 0.435 e. The van der Waals surface area contributed by atoms with Gasteiger partial charge in [-0.1, -0.05) is 6.92 Å². The molecule has 0 saturated carbocycles. The SMILES string of the molecule is CCC(C)(OC(=O)N1CCCCC1)C(C)=O. The van der Waals surface area contributed by atoms with Crippen LogP contribution in [0.25, 0.3) is 0 Å². The van der Waals surface area contributed by atoms with Crippen molar-refractivity contribution in [2.45, 2.75) is 52.1 Å². The summed E-state index contributed by atoms with van der Waals surface area (Å²) in [6.07, 6.45) is 3.39. The zero-order valence-electron chi connectivity index (χ0n) is 10.4. The molecule has 4 heteroatoms. The highest BCUT2D eigenvalue weighted by molar-refractivity contribution is 5.86. The fourth-order valence-electron chi connectivity index (χ4n) is 1.73. The lowest BCUT2D eigenvalue weighted by molar-refractivity contribution is -0.135. The fourth-order valence-corrected chi connectivity index (χ4v) is 1.73. The van der Waals surface area contributed by atoms with Crippen LogP contribution in [0.4, 0.5) is 4.79 Å². The van der Waals surface area contributed by atoms with Gasteiger partial charge in [0.1, 0.15) is 0 Å². The number of ether oxygens (including phenoxy) is 1. The van der Waals surface area contributed by atoms with E-state index in [-0.39, 0.29) is 11.9 Å². The molecule has 0 aliphatic carbocycles. The molecule has 0 spiro atoms. The van der Waals surface area contributed by atoms with E-state index < -0.39 is 5.60 Å². The molecular formula is C12H21NO3. The minimum atomic E-state index is -0.964. The Hall–Kier alpha value is -1.06. The van der Waals surface area contributed by atoms with E-state index in [1.54, 1.807) is 11.8 Å². The molecular weight excluding hydrogens is 206 g/mol. The van der Waals surface area contributed by atoms with Crippen LogP contribution in [0.1, 0.15) is 46.5 Å². The summed E-state index contributed by atoms with van der Waals surface area (Å²) in [6, 6.07) is 0. The number of amides is 1. The summed E-state index contributed by atoms with van der Waals surface area (Å²) in [5, 5.41) is 0. The van der Waals surface area contributed by atoms with E-state index in [0.717, 1.165) is 25.9 Å². The highest BCUT2D eigenvalue weighted by Crippen LogP contribution is 2.19. The zero-order chi connectivity index (χ0) is 12.2. The van der Waals surface area contributed by atoms with Crippen LogP contribution in [0.2, 0.25) is 0 Å². The highest BCUT2D eigenvalue weighted by atomic mass is 16.6. The normalized spacial score (nSPS) is 20.1. The first-order chi connectivity index (χ1) is 7.49. The van der Waals surface area contributed by atoms with Crippen molar-refractivity contribution >= 4 is 11.9 Å². The summed E-state index contributed by atoms with van der Waals surface area (Å²) in [5.74, 6) is -0.0969. The molecule has 0 bridgehead atoms. The molecule has 1 atom stereocenters. The van der Waals surface area contributed by atoms with Crippen LogP contribution in [-0.4, -0.2) is 35.5 Å². The summed E-state index contributed by atoms with van der Waals surface area (Å²) in [5.41, 5.74) is -0.964. The Morgan fingerprint density at radius 3 is 2.25 bits per heavy atom. The molecule has 16 heavy (non-hydrogen) atoms. The number of ketones is 1. The number of Topliss-reactive ketones (excluding diaryl/α,β-unsaturated/α-hetero) is 1. The maximum atomic E-state index is 11.8. The summed E-state index contributed by atoms with van der Waals surface area (Å²) in [6.45, 7) is 6.49. The van der Waals surface area contributed by atoms with Crippen LogP contribution in [0.3, 0.4) is 0 Å². The molecule has 1 fully saturated rings. The molecule has 0 radical (unpaired) electrons. The lowest BCUT2D eigenvalue weighted by Gasteiger charge is -2.31. The second-order valence-electron chi connectivity index (χ2n) is 4.56. The Morgan fingerprint density at radius 2 is 1.81 bits per heavy atom. The molecule has 0 N–H and O–H groups in total. The predicted molar refractivity (Wildman–Crippen MR) is 61.3 cm³/mol. The quantitative estimate of drug-likeness (QED) is 0.743. The Kier molecular flexibility index (Phi) is 4.33. The molecule has 1 rings (SSSR count). The van der Waals surface area contributed by atoms with Gasteiger partial charge in [-0.05, 0) is 39.5 Å². The average Bonchev–Trinajstić information content (AvgIpc) is 2.29. The molecule has 0 aromatic carbocycles. The molecule has 0 aromatic rings. The Bertz CT molecular complexity index is 271. The average molecular weight is 227 g/mol. The molecule has 1 saturated heterocycles. The molecule has 1 aliphatic heterocycles. The van der Waals surface area contributed by atoms with Crippen LogP contribution >= 0.6 is 0 Å². The van der Waals surface area contributed by atoms with E-state index in [2.05, 4.69) is 0 Å². The Labute approximate surface area is 96.9 Å². The maximum Gasteiger partial charge on any atom is 0.410 e. The fraction of sp³-hybridized carbons (Fsp3) is 0.833. The first-order valence-corrected chi connectivity index (χ1v) is 5.98. The van der Waals surface area contributed by atoms with Crippen LogP contribution in [0.5, 0.6) is 0 Å². The number of piperidine rings is 1. The van der Waals surface area contributed by atoms with E-state index in [0.29, 0.717) is 6.42 Å².